The Morgan fingerprint density at radius 3 is 2.39 bits per heavy atom. The molecule has 2 aromatic rings. The van der Waals surface area contributed by atoms with Crippen molar-refractivity contribution in [3.8, 4) is 11.5 Å². The van der Waals surface area contributed by atoms with E-state index in [1.807, 2.05) is 25.1 Å². The molecule has 3 heterocycles. The Balaban J connectivity index is 1.47. The van der Waals surface area contributed by atoms with E-state index in [0.29, 0.717) is 29.7 Å². The molecule has 9 nitrogen and oxygen atoms in total. The van der Waals surface area contributed by atoms with Crippen molar-refractivity contribution in [2.24, 2.45) is 16.2 Å². The van der Waals surface area contributed by atoms with Gasteiger partial charge in [0.2, 0.25) is 0 Å². The first-order chi connectivity index (χ1) is 15.7. The number of allylic oxidation sites excluding steroid dienone is 2. The predicted octanol–water partition coefficient (Wildman–Crippen LogP) is 3.42. The zero-order valence-electron chi connectivity index (χ0n) is 19.8. The highest BCUT2D eigenvalue weighted by Gasteiger charge is 2.31. The number of aromatic nitrogens is 2. The molecule has 0 amide bonds. The second-order valence-electron chi connectivity index (χ2n) is 8.75. The highest BCUT2D eigenvalue weighted by Crippen LogP contribution is 2.36. The number of ether oxygens (including phenoxy) is 2. The van der Waals surface area contributed by atoms with E-state index in [0.717, 1.165) is 48.3 Å². The molecule has 0 spiro atoms. The molecule has 1 saturated heterocycles. The third-order valence-corrected chi connectivity index (χ3v) is 8.08. The van der Waals surface area contributed by atoms with E-state index in [1.165, 1.54) is 4.31 Å². The highest BCUT2D eigenvalue weighted by atomic mass is 32.2. The summed E-state index contributed by atoms with van der Waals surface area (Å²) in [5, 5.41) is 0.926. The topological polar surface area (TPSA) is 97.2 Å². The number of rotatable bonds is 6. The maximum absolute atomic E-state index is 12.5. The molecule has 0 saturated carbocycles. The molecule has 33 heavy (non-hydrogen) atoms. The minimum Gasteiger partial charge on any atom is -0.493 e. The van der Waals surface area contributed by atoms with Gasteiger partial charge in [0.1, 0.15) is 12.1 Å². The van der Waals surface area contributed by atoms with Crippen molar-refractivity contribution in [2.45, 2.75) is 33.6 Å². The van der Waals surface area contributed by atoms with Crippen LogP contribution in [0.4, 0.5) is 5.82 Å². The second kappa shape index (κ2) is 9.17. The number of hydrogen-bond donors (Lipinski definition) is 0. The van der Waals surface area contributed by atoms with Gasteiger partial charge in [0.15, 0.2) is 11.5 Å². The third kappa shape index (κ3) is 4.62. The lowest BCUT2D eigenvalue weighted by Crippen LogP contribution is -2.41. The summed E-state index contributed by atoms with van der Waals surface area (Å²) in [6.45, 7) is 7.79. The molecule has 1 aromatic heterocycles. The maximum atomic E-state index is 12.5. The average Bonchev–Trinajstić information content (AvgIpc) is 2.79. The summed E-state index contributed by atoms with van der Waals surface area (Å²) < 4.78 is 41.2. The first-order valence-corrected chi connectivity index (χ1v) is 12.5. The zero-order valence-corrected chi connectivity index (χ0v) is 20.6. The smallest absolute Gasteiger partial charge is 0.344 e. The number of nitrogens with zero attached hydrogens (tertiary/aromatic N) is 5. The molecule has 0 N–H and O–H groups in total. The lowest BCUT2D eigenvalue weighted by molar-refractivity contribution is 0.258. The molecule has 2 aliphatic rings. The van der Waals surface area contributed by atoms with Gasteiger partial charge < -0.3 is 14.4 Å². The number of fused-ring (bicyclic) bond motifs is 1. The minimum atomic E-state index is -3.64. The first kappa shape index (κ1) is 23.3. The van der Waals surface area contributed by atoms with Crippen LogP contribution in [0, 0.1) is 11.8 Å². The summed E-state index contributed by atoms with van der Waals surface area (Å²) in [5.74, 6) is 2.80. The Labute approximate surface area is 195 Å². The number of piperidine rings is 1. The number of anilines is 1. The Bertz CT molecular complexity index is 1200. The SMILES string of the molecule is COc1cc2ncnc(N3CCC(C(C)CN4C(C)=CC(C)=NS4(=O)=O)CC3)c2cc1OC. The largest absolute Gasteiger partial charge is 0.493 e. The molecular formula is C23H31N5O4S. The lowest BCUT2D eigenvalue weighted by Gasteiger charge is -2.37. The number of hydrogen-bond acceptors (Lipinski definition) is 7. The second-order valence-corrected chi connectivity index (χ2v) is 10.3. The third-order valence-electron chi connectivity index (χ3n) is 6.57. The van der Waals surface area contributed by atoms with Crippen LogP contribution in [0.25, 0.3) is 10.9 Å². The molecule has 1 aromatic carbocycles. The molecular weight excluding hydrogens is 442 g/mol. The van der Waals surface area contributed by atoms with Crippen molar-refractivity contribution in [3.05, 3.63) is 30.2 Å². The van der Waals surface area contributed by atoms with Crippen molar-refractivity contribution in [2.75, 3.05) is 38.8 Å². The van der Waals surface area contributed by atoms with Gasteiger partial charge in [0, 0.05) is 36.8 Å². The van der Waals surface area contributed by atoms with Crippen molar-refractivity contribution >= 4 is 32.6 Å². The standard InChI is InChI=1S/C23H31N5O4S/c1-15(13-28-17(3)10-16(2)26-33(28,29)30)18-6-8-27(9-7-18)23-19-11-21(31-4)22(32-5)12-20(19)24-14-25-23/h10-12,14-15,18H,6-9,13H2,1-5H3. The molecule has 2 aliphatic heterocycles. The molecule has 178 valence electrons. The van der Waals surface area contributed by atoms with Crippen molar-refractivity contribution in [1.82, 2.24) is 14.3 Å². The molecule has 1 fully saturated rings. The molecule has 10 heteroatoms. The van der Waals surface area contributed by atoms with Crippen LogP contribution in [-0.2, 0) is 10.2 Å². The van der Waals surface area contributed by atoms with E-state index < -0.39 is 10.2 Å². The summed E-state index contributed by atoms with van der Waals surface area (Å²) in [6, 6.07) is 3.80. The highest BCUT2D eigenvalue weighted by molar-refractivity contribution is 7.88. The van der Waals surface area contributed by atoms with Gasteiger partial charge in [-0.1, -0.05) is 6.92 Å². The Hall–Kier alpha value is -2.88. The van der Waals surface area contributed by atoms with Gasteiger partial charge in [0.05, 0.1) is 25.4 Å². The van der Waals surface area contributed by atoms with Gasteiger partial charge in [-0.05, 0) is 50.7 Å². The van der Waals surface area contributed by atoms with Crippen LogP contribution in [-0.4, -0.2) is 62.3 Å². The first-order valence-electron chi connectivity index (χ1n) is 11.1. The quantitative estimate of drug-likeness (QED) is 0.634. The van der Waals surface area contributed by atoms with Gasteiger partial charge in [0.25, 0.3) is 0 Å². The van der Waals surface area contributed by atoms with Crippen LogP contribution >= 0.6 is 0 Å². The van der Waals surface area contributed by atoms with Crippen LogP contribution in [0.1, 0.15) is 33.6 Å². The molecule has 1 unspecified atom stereocenters. The maximum Gasteiger partial charge on any atom is 0.344 e. The van der Waals surface area contributed by atoms with Crippen LogP contribution in [0.5, 0.6) is 11.5 Å². The molecule has 0 bridgehead atoms. The normalized spacial score (nSPS) is 19.8. The zero-order chi connectivity index (χ0) is 23.8. The summed E-state index contributed by atoms with van der Waals surface area (Å²) >= 11 is 0. The summed E-state index contributed by atoms with van der Waals surface area (Å²) in [7, 11) is -0.417. The average molecular weight is 474 g/mol. The Morgan fingerprint density at radius 2 is 1.76 bits per heavy atom. The number of benzene rings is 1. The summed E-state index contributed by atoms with van der Waals surface area (Å²) in [5.41, 5.74) is 2.06. The molecule has 1 atom stereocenters. The van der Waals surface area contributed by atoms with Gasteiger partial charge in [-0.15, -0.1) is 0 Å². The monoisotopic (exact) mass is 473 g/mol. The van der Waals surface area contributed by atoms with Gasteiger partial charge in [-0.25, -0.2) is 9.97 Å². The van der Waals surface area contributed by atoms with Gasteiger partial charge >= 0.3 is 10.2 Å². The van der Waals surface area contributed by atoms with Crippen molar-refractivity contribution in [1.29, 1.82) is 0 Å². The van der Waals surface area contributed by atoms with Gasteiger partial charge in [-0.3, -0.25) is 4.31 Å². The summed E-state index contributed by atoms with van der Waals surface area (Å²) in [6.07, 6.45) is 5.31. The minimum absolute atomic E-state index is 0.213. The van der Waals surface area contributed by atoms with Crippen molar-refractivity contribution < 1.29 is 17.9 Å². The van der Waals surface area contributed by atoms with Crippen LogP contribution < -0.4 is 14.4 Å². The van der Waals surface area contributed by atoms with E-state index >= 15 is 0 Å². The van der Waals surface area contributed by atoms with E-state index in [9.17, 15) is 8.42 Å². The summed E-state index contributed by atoms with van der Waals surface area (Å²) in [4.78, 5) is 11.2. The van der Waals surface area contributed by atoms with Crippen LogP contribution in [0.2, 0.25) is 0 Å². The molecule has 0 radical (unpaired) electrons. The van der Waals surface area contributed by atoms with E-state index in [1.54, 1.807) is 27.5 Å². The van der Waals surface area contributed by atoms with Crippen molar-refractivity contribution in [3.63, 3.8) is 0 Å². The Kier molecular flexibility index (Phi) is 6.47. The lowest BCUT2D eigenvalue weighted by atomic mass is 9.85. The van der Waals surface area contributed by atoms with Gasteiger partial charge in [-0.2, -0.15) is 12.8 Å². The van der Waals surface area contributed by atoms with Crippen LogP contribution in [0.15, 0.2) is 34.6 Å². The Morgan fingerprint density at radius 1 is 1.09 bits per heavy atom. The fourth-order valence-corrected chi connectivity index (χ4v) is 6.12. The van der Waals surface area contributed by atoms with Crippen LogP contribution in [0.3, 0.4) is 0 Å². The molecule has 4 rings (SSSR count). The fraction of sp³-hybridized carbons (Fsp3) is 0.522. The molecule has 0 aliphatic carbocycles. The fourth-order valence-electron chi connectivity index (χ4n) is 4.76. The number of methoxy groups -OCH3 is 2. The van der Waals surface area contributed by atoms with E-state index in [2.05, 4.69) is 26.2 Å². The van der Waals surface area contributed by atoms with E-state index in [4.69, 9.17) is 9.47 Å². The predicted molar refractivity (Wildman–Crippen MR) is 129 cm³/mol. The van der Waals surface area contributed by atoms with E-state index in [-0.39, 0.29) is 5.92 Å².